The molecule has 0 saturated carbocycles. The highest BCUT2D eigenvalue weighted by atomic mass is 35.5. The number of benzene rings is 2. The number of ether oxygens (including phenoxy) is 1. The first-order chi connectivity index (χ1) is 12.5. The Morgan fingerprint density at radius 1 is 0.885 bits per heavy atom. The molecule has 1 aromatic heterocycles. The fourth-order valence-electron chi connectivity index (χ4n) is 2.22. The SMILES string of the molecule is COC(=O)c1ccc(Nc2cc(Nc3cc(Cl)cc(Cl)c3)ncn2)cc1. The highest BCUT2D eigenvalue weighted by Gasteiger charge is 2.06. The number of carbonyl (C=O) groups excluding carboxylic acids is 1. The lowest BCUT2D eigenvalue weighted by Gasteiger charge is -2.09. The third kappa shape index (κ3) is 4.62. The summed E-state index contributed by atoms with van der Waals surface area (Å²) in [5.41, 5.74) is 1.96. The van der Waals surface area contributed by atoms with Crippen LogP contribution in [0.4, 0.5) is 23.0 Å². The van der Waals surface area contributed by atoms with Gasteiger partial charge in [-0.05, 0) is 42.5 Å². The minimum atomic E-state index is -0.384. The maximum Gasteiger partial charge on any atom is 0.337 e. The highest BCUT2D eigenvalue weighted by Crippen LogP contribution is 2.25. The van der Waals surface area contributed by atoms with Gasteiger partial charge in [-0.3, -0.25) is 0 Å². The van der Waals surface area contributed by atoms with Crippen molar-refractivity contribution in [3.8, 4) is 0 Å². The first kappa shape index (κ1) is 18.0. The molecule has 8 heteroatoms. The molecule has 1 heterocycles. The number of halogens is 2. The Morgan fingerprint density at radius 2 is 1.46 bits per heavy atom. The molecule has 3 rings (SSSR count). The largest absolute Gasteiger partial charge is 0.465 e. The zero-order chi connectivity index (χ0) is 18.5. The molecule has 0 atom stereocenters. The number of anilines is 4. The molecule has 26 heavy (non-hydrogen) atoms. The number of hydrogen-bond acceptors (Lipinski definition) is 6. The van der Waals surface area contributed by atoms with E-state index in [0.29, 0.717) is 27.2 Å². The summed E-state index contributed by atoms with van der Waals surface area (Å²) in [6.45, 7) is 0. The van der Waals surface area contributed by atoms with Gasteiger partial charge in [-0.1, -0.05) is 23.2 Å². The number of aromatic nitrogens is 2. The average Bonchev–Trinajstić information content (AvgIpc) is 2.61. The molecule has 6 nitrogen and oxygen atoms in total. The molecule has 0 radical (unpaired) electrons. The summed E-state index contributed by atoms with van der Waals surface area (Å²) in [5, 5.41) is 7.32. The maximum absolute atomic E-state index is 11.5. The van der Waals surface area contributed by atoms with Gasteiger partial charge in [0.05, 0.1) is 12.7 Å². The van der Waals surface area contributed by atoms with Crippen molar-refractivity contribution in [2.24, 2.45) is 0 Å². The van der Waals surface area contributed by atoms with Gasteiger partial charge in [0.15, 0.2) is 0 Å². The second-order valence-electron chi connectivity index (χ2n) is 5.27. The van der Waals surface area contributed by atoms with E-state index >= 15 is 0 Å². The number of nitrogens with zero attached hydrogens (tertiary/aromatic N) is 2. The van der Waals surface area contributed by atoms with E-state index in [9.17, 15) is 4.79 Å². The van der Waals surface area contributed by atoms with E-state index in [4.69, 9.17) is 23.2 Å². The lowest BCUT2D eigenvalue weighted by Crippen LogP contribution is -2.01. The molecule has 0 aliphatic rings. The van der Waals surface area contributed by atoms with Crippen molar-refractivity contribution < 1.29 is 9.53 Å². The Balaban J connectivity index is 1.74. The molecule has 0 aliphatic carbocycles. The molecule has 0 spiro atoms. The monoisotopic (exact) mass is 388 g/mol. The molecule has 0 bridgehead atoms. The summed E-state index contributed by atoms with van der Waals surface area (Å²) in [6.07, 6.45) is 1.43. The van der Waals surface area contributed by atoms with Gasteiger partial charge in [-0.25, -0.2) is 14.8 Å². The average molecular weight is 389 g/mol. The molecule has 0 amide bonds. The molecule has 2 N–H and O–H groups in total. The van der Waals surface area contributed by atoms with Crippen LogP contribution in [-0.4, -0.2) is 23.0 Å². The fraction of sp³-hybridized carbons (Fsp3) is 0.0556. The second-order valence-corrected chi connectivity index (χ2v) is 6.14. The van der Waals surface area contributed by atoms with Gasteiger partial charge in [-0.2, -0.15) is 0 Å². The van der Waals surface area contributed by atoms with E-state index in [1.165, 1.54) is 13.4 Å². The van der Waals surface area contributed by atoms with E-state index in [0.717, 1.165) is 11.4 Å². The van der Waals surface area contributed by atoms with Crippen LogP contribution >= 0.6 is 23.2 Å². The van der Waals surface area contributed by atoms with Gasteiger partial charge < -0.3 is 15.4 Å². The van der Waals surface area contributed by atoms with E-state index in [2.05, 4.69) is 25.3 Å². The Labute approximate surface area is 160 Å². The smallest absolute Gasteiger partial charge is 0.337 e. The number of nitrogens with one attached hydrogen (secondary N) is 2. The Kier molecular flexibility index (Phi) is 5.55. The first-order valence-corrected chi connectivity index (χ1v) is 8.29. The third-order valence-corrected chi connectivity index (χ3v) is 3.82. The minimum Gasteiger partial charge on any atom is -0.465 e. The molecule has 0 fully saturated rings. The third-order valence-electron chi connectivity index (χ3n) is 3.38. The van der Waals surface area contributed by atoms with Gasteiger partial charge in [0.1, 0.15) is 18.0 Å². The fourth-order valence-corrected chi connectivity index (χ4v) is 2.75. The van der Waals surface area contributed by atoms with Crippen molar-refractivity contribution in [1.29, 1.82) is 0 Å². The molecule has 3 aromatic rings. The summed E-state index contributed by atoms with van der Waals surface area (Å²) in [7, 11) is 1.34. The Hall–Kier alpha value is -2.83. The normalized spacial score (nSPS) is 10.3. The number of rotatable bonds is 5. The topological polar surface area (TPSA) is 76.1 Å². The predicted octanol–water partition coefficient (Wildman–Crippen LogP) is 5.06. The van der Waals surface area contributed by atoms with Gasteiger partial charge in [-0.15, -0.1) is 0 Å². The van der Waals surface area contributed by atoms with Crippen LogP contribution in [0.15, 0.2) is 54.9 Å². The maximum atomic E-state index is 11.5. The van der Waals surface area contributed by atoms with E-state index in [1.54, 1.807) is 48.5 Å². The standard InChI is InChI=1S/C18H14Cl2N4O2/c1-26-18(25)11-2-4-14(5-3-11)23-16-9-17(22-10-21-16)24-15-7-12(19)6-13(20)8-15/h2-10H,1H3,(H2,21,22,23,24). The number of carbonyl (C=O) groups is 1. The number of methoxy groups -OCH3 is 1. The number of hydrogen-bond donors (Lipinski definition) is 2. The van der Waals surface area contributed by atoms with Crippen molar-refractivity contribution in [3.63, 3.8) is 0 Å². The van der Waals surface area contributed by atoms with Crippen LogP contribution in [0.25, 0.3) is 0 Å². The van der Waals surface area contributed by atoms with Crippen LogP contribution < -0.4 is 10.6 Å². The minimum absolute atomic E-state index is 0.384. The Bertz CT molecular complexity index is 912. The molecular formula is C18H14Cl2N4O2. The first-order valence-electron chi connectivity index (χ1n) is 7.54. The van der Waals surface area contributed by atoms with E-state index in [1.807, 2.05) is 0 Å². The molecule has 132 valence electrons. The van der Waals surface area contributed by atoms with Gasteiger partial charge in [0, 0.05) is 27.5 Å². The molecular weight excluding hydrogens is 375 g/mol. The van der Waals surface area contributed by atoms with Gasteiger partial charge >= 0.3 is 5.97 Å². The van der Waals surface area contributed by atoms with E-state index < -0.39 is 0 Å². The predicted molar refractivity (Wildman–Crippen MR) is 103 cm³/mol. The van der Waals surface area contributed by atoms with Crippen LogP contribution in [0.3, 0.4) is 0 Å². The zero-order valence-corrected chi connectivity index (χ0v) is 15.2. The highest BCUT2D eigenvalue weighted by molar-refractivity contribution is 6.35. The lowest BCUT2D eigenvalue weighted by atomic mass is 10.2. The second kappa shape index (κ2) is 8.03. The molecule has 0 unspecified atom stereocenters. The van der Waals surface area contributed by atoms with Crippen LogP contribution in [0.1, 0.15) is 10.4 Å². The summed E-state index contributed by atoms with van der Waals surface area (Å²) in [4.78, 5) is 19.8. The molecule has 2 aromatic carbocycles. The Morgan fingerprint density at radius 3 is 2.04 bits per heavy atom. The van der Waals surface area contributed by atoms with Crippen molar-refractivity contribution in [2.75, 3.05) is 17.7 Å². The van der Waals surface area contributed by atoms with Gasteiger partial charge in [0.2, 0.25) is 0 Å². The molecule has 0 saturated heterocycles. The van der Waals surface area contributed by atoms with Crippen LogP contribution in [0.2, 0.25) is 10.0 Å². The van der Waals surface area contributed by atoms with Crippen molar-refractivity contribution in [3.05, 3.63) is 70.5 Å². The molecule has 0 aliphatic heterocycles. The van der Waals surface area contributed by atoms with Crippen molar-refractivity contribution in [2.45, 2.75) is 0 Å². The summed E-state index contributed by atoms with van der Waals surface area (Å²) in [5.74, 6) is 0.777. The summed E-state index contributed by atoms with van der Waals surface area (Å²) in [6, 6.07) is 13.7. The van der Waals surface area contributed by atoms with Crippen LogP contribution in [0.5, 0.6) is 0 Å². The summed E-state index contributed by atoms with van der Waals surface area (Å²) < 4.78 is 4.68. The zero-order valence-electron chi connectivity index (χ0n) is 13.7. The van der Waals surface area contributed by atoms with Crippen molar-refractivity contribution in [1.82, 2.24) is 9.97 Å². The van der Waals surface area contributed by atoms with Gasteiger partial charge in [0.25, 0.3) is 0 Å². The number of esters is 1. The van der Waals surface area contributed by atoms with E-state index in [-0.39, 0.29) is 5.97 Å². The summed E-state index contributed by atoms with van der Waals surface area (Å²) >= 11 is 12.0. The van der Waals surface area contributed by atoms with Crippen LogP contribution in [0, 0.1) is 0 Å². The van der Waals surface area contributed by atoms with Crippen LogP contribution in [-0.2, 0) is 4.74 Å². The quantitative estimate of drug-likeness (QED) is 0.595. The lowest BCUT2D eigenvalue weighted by molar-refractivity contribution is 0.0601. The van der Waals surface area contributed by atoms with Crippen molar-refractivity contribution >= 4 is 52.2 Å².